The van der Waals surface area contributed by atoms with Crippen LogP contribution in [0.25, 0.3) is 16.8 Å². The summed E-state index contributed by atoms with van der Waals surface area (Å²) in [7, 11) is 0. The number of halogens is 3. The smallest absolute Gasteiger partial charge is 0.405 e. The summed E-state index contributed by atoms with van der Waals surface area (Å²) in [5.74, 6) is -2.29. The molecule has 0 unspecified atom stereocenters. The maximum atomic E-state index is 12.8. The molecule has 0 spiro atoms. The molecule has 0 saturated carbocycles. The van der Waals surface area contributed by atoms with E-state index < -0.39 is 29.5 Å². The number of hydrogen-bond acceptors (Lipinski definition) is 5. The van der Waals surface area contributed by atoms with Gasteiger partial charge in [-0.1, -0.05) is 36.4 Å². The maximum Gasteiger partial charge on any atom is 0.573 e. The second-order valence-corrected chi connectivity index (χ2v) is 6.34. The number of anilines is 1. The van der Waals surface area contributed by atoms with E-state index in [0.29, 0.717) is 0 Å². The van der Waals surface area contributed by atoms with Gasteiger partial charge in [0.2, 0.25) is 0 Å². The van der Waals surface area contributed by atoms with E-state index in [9.17, 15) is 27.6 Å². The molecule has 2 amide bonds. The standard InChI is InChI=1S/C20H12F3N3O4/c21-20(22,23)30-14-8-4-2-6-11(14)10-5-1-3-7-13(10)26-15(27)9-12-16(17(26)24)19(29)25-18(12)28/h1-9H,24H2,(H,25,28,29). The first-order valence-corrected chi connectivity index (χ1v) is 8.53. The van der Waals surface area contributed by atoms with Gasteiger partial charge < -0.3 is 10.5 Å². The molecule has 0 atom stereocenters. The van der Waals surface area contributed by atoms with Crippen LogP contribution in [0.2, 0.25) is 0 Å². The molecule has 0 fully saturated rings. The predicted molar refractivity (Wildman–Crippen MR) is 100 cm³/mol. The van der Waals surface area contributed by atoms with Crippen LogP contribution in [0.15, 0.2) is 59.4 Å². The highest BCUT2D eigenvalue weighted by atomic mass is 19.4. The number of fused-ring (bicyclic) bond motifs is 1. The molecule has 3 aromatic rings. The lowest BCUT2D eigenvalue weighted by Crippen LogP contribution is -2.24. The van der Waals surface area contributed by atoms with Crippen molar-refractivity contribution in [3.8, 4) is 22.6 Å². The van der Waals surface area contributed by atoms with Gasteiger partial charge in [-0.15, -0.1) is 13.2 Å². The highest BCUT2D eigenvalue weighted by Gasteiger charge is 2.34. The van der Waals surface area contributed by atoms with Crippen LogP contribution >= 0.6 is 0 Å². The molecule has 2 aromatic carbocycles. The summed E-state index contributed by atoms with van der Waals surface area (Å²) < 4.78 is 43.6. The van der Waals surface area contributed by atoms with Crippen LogP contribution in [0.3, 0.4) is 0 Å². The Labute approximate surface area is 166 Å². The average molecular weight is 415 g/mol. The highest BCUT2D eigenvalue weighted by molar-refractivity contribution is 6.23. The highest BCUT2D eigenvalue weighted by Crippen LogP contribution is 2.37. The SMILES string of the molecule is Nc1c2c(cc(=O)n1-c1ccccc1-c1ccccc1OC(F)(F)F)C(=O)NC2=O. The van der Waals surface area contributed by atoms with Gasteiger partial charge in [0.25, 0.3) is 17.4 Å². The minimum atomic E-state index is -4.92. The number of nitrogens with one attached hydrogen (secondary N) is 1. The van der Waals surface area contributed by atoms with Gasteiger partial charge in [-0.2, -0.15) is 0 Å². The van der Waals surface area contributed by atoms with Crippen LogP contribution in [0.4, 0.5) is 19.0 Å². The molecular weight excluding hydrogens is 403 g/mol. The van der Waals surface area contributed by atoms with Gasteiger partial charge in [-0.25, -0.2) is 0 Å². The van der Waals surface area contributed by atoms with E-state index in [1.807, 2.05) is 0 Å². The van der Waals surface area contributed by atoms with E-state index in [4.69, 9.17) is 5.73 Å². The first kappa shape index (κ1) is 19.2. The van der Waals surface area contributed by atoms with Crippen molar-refractivity contribution in [2.24, 2.45) is 0 Å². The molecule has 0 radical (unpaired) electrons. The van der Waals surface area contributed by atoms with Gasteiger partial charge in [0.1, 0.15) is 11.6 Å². The molecule has 10 heteroatoms. The molecule has 3 N–H and O–H groups in total. The lowest BCUT2D eigenvalue weighted by Gasteiger charge is -2.18. The van der Waals surface area contributed by atoms with Crippen molar-refractivity contribution < 1.29 is 27.5 Å². The van der Waals surface area contributed by atoms with Gasteiger partial charge >= 0.3 is 6.36 Å². The minimum Gasteiger partial charge on any atom is -0.405 e. The molecule has 0 aliphatic carbocycles. The van der Waals surface area contributed by atoms with Crippen LogP contribution in [-0.4, -0.2) is 22.7 Å². The number of rotatable bonds is 3. The van der Waals surface area contributed by atoms with Crippen molar-refractivity contribution in [3.63, 3.8) is 0 Å². The number of pyridine rings is 1. The van der Waals surface area contributed by atoms with Crippen molar-refractivity contribution in [1.82, 2.24) is 9.88 Å². The van der Waals surface area contributed by atoms with Crippen LogP contribution < -0.4 is 21.3 Å². The topological polar surface area (TPSA) is 103 Å². The quantitative estimate of drug-likeness (QED) is 0.641. The fraction of sp³-hybridized carbons (Fsp3) is 0.0500. The number of imide groups is 1. The number of benzene rings is 2. The molecular formula is C20H12F3N3O4. The molecule has 0 saturated heterocycles. The third-order valence-corrected chi connectivity index (χ3v) is 4.50. The molecule has 7 nitrogen and oxygen atoms in total. The third kappa shape index (κ3) is 3.17. The summed E-state index contributed by atoms with van der Waals surface area (Å²) in [5, 5.41) is 2.06. The number of aromatic nitrogens is 1. The zero-order chi connectivity index (χ0) is 21.6. The Morgan fingerprint density at radius 2 is 1.50 bits per heavy atom. The molecule has 1 aliphatic rings. The summed E-state index contributed by atoms with van der Waals surface area (Å²) in [4.78, 5) is 36.7. The monoisotopic (exact) mass is 415 g/mol. The van der Waals surface area contributed by atoms with Gasteiger partial charge in [-0.3, -0.25) is 24.3 Å². The number of carbonyl (C=O) groups excluding carboxylic acids is 2. The van der Waals surface area contributed by atoms with Gasteiger partial charge in [0.05, 0.1) is 16.8 Å². The lowest BCUT2D eigenvalue weighted by atomic mass is 10.0. The van der Waals surface area contributed by atoms with E-state index in [1.54, 1.807) is 12.1 Å². The van der Waals surface area contributed by atoms with Crippen LogP contribution in [0.5, 0.6) is 5.75 Å². The van der Waals surface area contributed by atoms with Crippen molar-refractivity contribution in [1.29, 1.82) is 0 Å². The fourth-order valence-electron chi connectivity index (χ4n) is 3.33. The first-order valence-electron chi connectivity index (χ1n) is 8.53. The molecule has 152 valence electrons. The Bertz CT molecular complexity index is 1260. The van der Waals surface area contributed by atoms with Gasteiger partial charge in [-0.05, 0) is 12.1 Å². The van der Waals surface area contributed by atoms with Gasteiger partial charge in [0, 0.05) is 17.2 Å². The molecule has 4 rings (SSSR count). The third-order valence-electron chi connectivity index (χ3n) is 4.50. The van der Waals surface area contributed by atoms with E-state index in [2.05, 4.69) is 10.1 Å². The Morgan fingerprint density at radius 3 is 2.20 bits per heavy atom. The second kappa shape index (κ2) is 6.76. The number of nitrogens with two attached hydrogens (primary N) is 1. The Balaban J connectivity index is 1.97. The predicted octanol–water partition coefficient (Wildman–Crippen LogP) is 2.87. The minimum absolute atomic E-state index is 0.0535. The second-order valence-electron chi connectivity index (χ2n) is 6.34. The summed E-state index contributed by atoms with van der Waals surface area (Å²) in [6.45, 7) is 0. The van der Waals surface area contributed by atoms with Crippen LogP contribution in [0, 0.1) is 0 Å². The molecule has 0 bridgehead atoms. The number of nitrogens with zero attached hydrogens (tertiary/aromatic N) is 1. The zero-order valence-corrected chi connectivity index (χ0v) is 15.0. The maximum absolute atomic E-state index is 12.8. The summed E-state index contributed by atoms with van der Waals surface area (Å²) in [6.07, 6.45) is -4.92. The molecule has 1 aromatic heterocycles. The molecule has 30 heavy (non-hydrogen) atoms. The van der Waals surface area contributed by atoms with E-state index in [0.717, 1.165) is 16.7 Å². The number of para-hydroxylation sites is 2. The van der Waals surface area contributed by atoms with E-state index in [-0.39, 0.29) is 33.8 Å². The summed E-state index contributed by atoms with van der Waals surface area (Å²) in [5.41, 5.74) is 5.37. The lowest BCUT2D eigenvalue weighted by molar-refractivity contribution is -0.274. The number of nitrogen functional groups attached to an aromatic ring is 1. The Morgan fingerprint density at radius 1 is 0.867 bits per heavy atom. The summed E-state index contributed by atoms with van der Waals surface area (Å²) in [6, 6.07) is 12.4. The summed E-state index contributed by atoms with van der Waals surface area (Å²) >= 11 is 0. The normalized spacial score (nSPS) is 13.2. The number of alkyl halides is 3. The van der Waals surface area contributed by atoms with Crippen molar-refractivity contribution >= 4 is 17.6 Å². The van der Waals surface area contributed by atoms with Gasteiger partial charge in [0.15, 0.2) is 0 Å². The number of hydrogen-bond donors (Lipinski definition) is 2. The number of ether oxygens (including phenoxy) is 1. The number of amides is 2. The Hall–Kier alpha value is -4.08. The van der Waals surface area contributed by atoms with Crippen molar-refractivity contribution in [2.75, 3.05) is 5.73 Å². The number of carbonyl (C=O) groups is 2. The first-order chi connectivity index (χ1) is 14.2. The molecule has 1 aliphatic heterocycles. The largest absolute Gasteiger partial charge is 0.573 e. The van der Waals surface area contributed by atoms with Crippen molar-refractivity contribution in [2.45, 2.75) is 6.36 Å². The van der Waals surface area contributed by atoms with E-state index >= 15 is 0 Å². The zero-order valence-electron chi connectivity index (χ0n) is 15.0. The van der Waals surface area contributed by atoms with Crippen molar-refractivity contribution in [3.05, 3.63) is 76.1 Å². The molecule has 2 heterocycles. The average Bonchev–Trinajstić information content (AvgIpc) is 2.95. The van der Waals surface area contributed by atoms with E-state index in [1.165, 1.54) is 30.3 Å². The Kier molecular flexibility index (Phi) is 4.34. The van der Waals surface area contributed by atoms with Crippen LogP contribution in [-0.2, 0) is 0 Å². The van der Waals surface area contributed by atoms with Crippen LogP contribution in [0.1, 0.15) is 20.7 Å². The fourth-order valence-corrected chi connectivity index (χ4v) is 3.33.